The maximum absolute atomic E-state index is 10.5. The van der Waals surface area contributed by atoms with Crippen LogP contribution < -0.4 is 0 Å². The summed E-state index contributed by atoms with van der Waals surface area (Å²) in [5.74, 6) is 0.600. The molecule has 1 aliphatic carbocycles. The van der Waals surface area contributed by atoms with Crippen LogP contribution in [0, 0.1) is 17.3 Å². The molecule has 0 aromatic heterocycles. The average molecular weight is 154 g/mol. The second-order valence-corrected chi connectivity index (χ2v) is 3.90. The minimum absolute atomic E-state index is 0.0582. The zero-order valence-corrected chi connectivity index (χ0v) is 7.04. The molecule has 0 amide bonds. The standard InChI is InChI=1S/C9H14O2/c1-9(2)7(3-4-10)5-8(9)6-11/h4,6-8H,3,5H2,1-2H3. The van der Waals surface area contributed by atoms with E-state index in [1.54, 1.807) is 0 Å². The average Bonchev–Trinajstić information content (AvgIpc) is 1.97. The van der Waals surface area contributed by atoms with Gasteiger partial charge < -0.3 is 9.59 Å². The molecule has 0 aromatic carbocycles. The summed E-state index contributed by atoms with van der Waals surface area (Å²) in [5.41, 5.74) is 0.0582. The van der Waals surface area contributed by atoms with Gasteiger partial charge in [-0.1, -0.05) is 13.8 Å². The van der Waals surface area contributed by atoms with Gasteiger partial charge in [-0.15, -0.1) is 0 Å². The van der Waals surface area contributed by atoms with Crippen LogP contribution >= 0.6 is 0 Å². The van der Waals surface area contributed by atoms with E-state index in [1.807, 2.05) is 0 Å². The van der Waals surface area contributed by atoms with E-state index in [-0.39, 0.29) is 11.3 Å². The molecule has 1 saturated carbocycles. The third-order valence-corrected chi connectivity index (χ3v) is 3.09. The molecule has 11 heavy (non-hydrogen) atoms. The van der Waals surface area contributed by atoms with Gasteiger partial charge in [-0.2, -0.15) is 0 Å². The number of hydrogen-bond acceptors (Lipinski definition) is 2. The summed E-state index contributed by atoms with van der Waals surface area (Å²) in [4.78, 5) is 20.7. The third-order valence-electron chi connectivity index (χ3n) is 3.09. The predicted molar refractivity (Wildman–Crippen MR) is 42.1 cm³/mol. The van der Waals surface area contributed by atoms with Gasteiger partial charge in [0, 0.05) is 12.3 Å². The minimum Gasteiger partial charge on any atom is -0.303 e. The van der Waals surface area contributed by atoms with Gasteiger partial charge >= 0.3 is 0 Å². The molecule has 0 aromatic rings. The van der Waals surface area contributed by atoms with Crippen LogP contribution in [-0.4, -0.2) is 12.6 Å². The number of hydrogen-bond donors (Lipinski definition) is 0. The fourth-order valence-electron chi connectivity index (χ4n) is 1.80. The third kappa shape index (κ3) is 1.22. The van der Waals surface area contributed by atoms with Crippen molar-refractivity contribution in [1.82, 2.24) is 0 Å². The molecule has 2 heteroatoms. The van der Waals surface area contributed by atoms with Crippen molar-refractivity contribution in [2.24, 2.45) is 17.3 Å². The Morgan fingerprint density at radius 3 is 2.45 bits per heavy atom. The number of aldehydes is 2. The molecule has 0 heterocycles. The second-order valence-electron chi connectivity index (χ2n) is 3.90. The Balaban J connectivity index is 2.52. The highest BCUT2D eigenvalue weighted by atomic mass is 16.1. The zero-order valence-electron chi connectivity index (χ0n) is 7.04. The molecule has 1 rings (SSSR count). The van der Waals surface area contributed by atoms with Crippen molar-refractivity contribution >= 4 is 12.6 Å². The van der Waals surface area contributed by atoms with Crippen molar-refractivity contribution in [2.45, 2.75) is 26.7 Å². The Morgan fingerprint density at radius 1 is 1.45 bits per heavy atom. The summed E-state index contributed by atoms with van der Waals surface area (Å²) in [6, 6.07) is 0. The van der Waals surface area contributed by atoms with E-state index in [4.69, 9.17) is 0 Å². The number of carbonyl (C=O) groups excluding carboxylic acids is 2. The highest BCUT2D eigenvalue weighted by molar-refractivity contribution is 5.59. The smallest absolute Gasteiger partial charge is 0.123 e. The first-order valence-corrected chi connectivity index (χ1v) is 4.02. The van der Waals surface area contributed by atoms with E-state index < -0.39 is 0 Å². The lowest BCUT2D eigenvalue weighted by atomic mass is 9.54. The number of rotatable bonds is 3. The highest BCUT2D eigenvalue weighted by Crippen LogP contribution is 2.51. The summed E-state index contributed by atoms with van der Waals surface area (Å²) in [6.07, 6.45) is 3.47. The molecule has 2 nitrogen and oxygen atoms in total. The van der Waals surface area contributed by atoms with Crippen molar-refractivity contribution in [1.29, 1.82) is 0 Å². The topological polar surface area (TPSA) is 34.1 Å². The van der Waals surface area contributed by atoms with Gasteiger partial charge in [-0.3, -0.25) is 0 Å². The van der Waals surface area contributed by atoms with Gasteiger partial charge in [0.1, 0.15) is 12.6 Å². The molecule has 0 aliphatic heterocycles. The minimum atomic E-state index is 0.0582. The molecule has 2 atom stereocenters. The summed E-state index contributed by atoms with van der Waals surface area (Å²) < 4.78 is 0. The Kier molecular flexibility index (Phi) is 2.12. The van der Waals surface area contributed by atoms with Crippen LogP contribution in [0.2, 0.25) is 0 Å². The maximum atomic E-state index is 10.5. The Bertz CT molecular complexity index is 172. The summed E-state index contributed by atoms with van der Waals surface area (Å²) in [6.45, 7) is 4.12. The zero-order chi connectivity index (χ0) is 8.48. The van der Waals surface area contributed by atoms with Crippen molar-refractivity contribution in [3.63, 3.8) is 0 Å². The fraction of sp³-hybridized carbons (Fsp3) is 0.778. The molecular weight excluding hydrogens is 140 g/mol. The van der Waals surface area contributed by atoms with Gasteiger partial charge in [0.2, 0.25) is 0 Å². The normalized spacial score (nSPS) is 34.0. The lowest BCUT2D eigenvalue weighted by Gasteiger charge is -2.49. The first kappa shape index (κ1) is 8.44. The van der Waals surface area contributed by atoms with E-state index in [2.05, 4.69) is 13.8 Å². The maximum Gasteiger partial charge on any atom is 0.123 e. The van der Waals surface area contributed by atoms with E-state index in [9.17, 15) is 9.59 Å². The van der Waals surface area contributed by atoms with E-state index in [0.29, 0.717) is 12.3 Å². The van der Waals surface area contributed by atoms with Crippen LogP contribution in [-0.2, 0) is 9.59 Å². The van der Waals surface area contributed by atoms with Gasteiger partial charge in [0.05, 0.1) is 0 Å². The number of carbonyl (C=O) groups is 2. The van der Waals surface area contributed by atoms with Crippen LogP contribution in [0.3, 0.4) is 0 Å². The molecule has 0 spiro atoms. The second kappa shape index (κ2) is 2.76. The Hall–Kier alpha value is -0.660. The van der Waals surface area contributed by atoms with E-state index in [1.165, 1.54) is 0 Å². The SMILES string of the molecule is CC1(C)C(C=O)CC1CC=O. The van der Waals surface area contributed by atoms with Crippen LogP contribution in [0.25, 0.3) is 0 Å². The van der Waals surface area contributed by atoms with E-state index >= 15 is 0 Å². The van der Waals surface area contributed by atoms with Gasteiger partial charge in [-0.05, 0) is 17.8 Å². The molecule has 1 aliphatic rings. The molecular formula is C9H14O2. The van der Waals surface area contributed by atoms with Gasteiger partial charge in [0.25, 0.3) is 0 Å². The van der Waals surface area contributed by atoms with Gasteiger partial charge in [-0.25, -0.2) is 0 Å². The molecule has 0 bridgehead atoms. The monoisotopic (exact) mass is 154 g/mol. The van der Waals surface area contributed by atoms with E-state index in [0.717, 1.165) is 19.0 Å². The Labute approximate surface area is 67.0 Å². The van der Waals surface area contributed by atoms with Crippen molar-refractivity contribution in [3.8, 4) is 0 Å². The molecule has 0 radical (unpaired) electrons. The van der Waals surface area contributed by atoms with Crippen molar-refractivity contribution in [2.75, 3.05) is 0 Å². The van der Waals surface area contributed by atoms with Crippen LogP contribution in [0.4, 0.5) is 0 Å². The predicted octanol–water partition coefficient (Wildman–Crippen LogP) is 1.44. The first-order valence-electron chi connectivity index (χ1n) is 4.02. The molecule has 0 N–H and O–H groups in total. The summed E-state index contributed by atoms with van der Waals surface area (Å²) >= 11 is 0. The fourth-order valence-corrected chi connectivity index (χ4v) is 1.80. The molecule has 2 unspecified atom stereocenters. The molecule has 62 valence electrons. The van der Waals surface area contributed by atoms with Crippen molar-refractivity contribution in [3.05, 3.63) is 0 Å². The largest absolute Gasteiger partial charge is 0.303 e. The van der Waals surface area contributed by atoms with Crippen LogP contribution in [0.5, 0.6) is 0 Å². The molecule has 0 saturated heterocycles. The van der Waals surface area contributed by atoms with Gasteiger partial charge in [0.15, 0.2) is 0 Å². The summed E-state index contributed by atoms with van der Waals surface area (Å²) in [5, 5.41) is 0. The highest BCUT2D eigenvalue weighted by Gasteiger charge is 2.47. The Morgan fingerprint density at radius 2 is 2.09 bits per heavy atom. The molecule has 1 fully saturated rings. The lowest BCUT2D eigenvalue weighted by molar-refractivity contribution is -0.128. The van der Waals surface area contributed by atoms with Crippen molar-refractivity contribution < 1.29 is 9.59 Å². The first-order chi connectivity index (χ1) is 5.12. The van der Waals surface area contributed by atoms with Crippen LogP contribution in [0.1, 0.15) is 26.7 Å². The summed E-state index contributed by atoms with van der Waals surface area (Å²) in [7, 11) is 0. The lowest BCUT2D eigenvalue weighted by Crippen LogP contribution is -2.45. The van der Waals surface area contributed by atoms with Crippen LogP contribution in [0.15, 0.2) is 0 Å². The quantitative estimate of drug-likeness (QED) is 0.576.